The van der Waals surface area contributed by atoms with Crippen molar-refractivity contribution in [1.82, 2.24) is 19.9 Å². The standard InChI is InChI=1S/C16H8N4S/c1-3-7-11-9(5-1)17-13-14-16(21-15(13)19-11)20-12-8-4-2-6-10(12)18-14/h1-8H. The van der Waals surface area contributed by atoms with Gasteiger partial charge in [-0.05, 0) is 24.3 Å². The summed E-state index contributed by atoms with van der Waals surface area (Å²) in [6, 6.07) is 15.8. The molecule has 98 valence electrons. The zero-order valence-corrected chi connectivity index (χ0v) is 11.6. The summed E-state index contributed by atoms with van der Waals surface area (Å²) in [6.07, 6.45) is 0. The Morgan fingerprint density at radius 3 is 1.33 bits per heavy atom. The van der Waals surface area contributed by atoms with Gasteiger partial charge in [-0.3, -0.25) is 0 Å². The van der Waals surface area contributed by atoms with E-state index in [0.717, 1.165) is 42.8 Å². The molecule has 0 saturated carbocycles. The van der Waals surface area contributed by atoms with Crippen LogP contribution in [-0.4, -0.2) is 19.9 Å². The lowest BCUT2D eigenvalue weighted by atomic mass is 10.3. The third-order valence-corrected chi connectivity index (χ3v) is 4.45. The molecule has 0 spiro atoms. The Morgan fingerprint density at radius 2 is 0.905 bits per heavy atom. The number of benzene rings is 2. The lowest BCUT2D eigenvalue weighted by Crippen LogP contribution is -1.86. The Kier molecular flexibility index (Phi) is 2.07. The van der Waals surface area contributed by atoms with E-state index in [-0.39, 0.29) is 0 Å². The first kappa shape index (κ1) is 11.0. The Labute approximate surface area is 123 Å². The van der Waals surface area contributed by atoms with Gasteiger partial charge in [0.15, 0.2) is 0 Å². The van der Waals surface area contributed by atoms with Crippen molar-refractivity contribution in [2.45, 2.75) is 0 Å². The maximum absolute atomic E-state index is 4.72. The Hall–Kier alpha value is -2.66. The lowest BCUT2D eigenvalue weighted by Gasteiger charge is -1.97. The van der Waals surface area contributed by atoms with Crippen molar-refractivity contribution in [2.75, 3.05) is 0 Å². The van der Waals surface area contributed by atoms with Crippen LogP contribution in [0.15, 0.2) is 48.5 Å². The molecule has 0 aliphatic rings. The van der Waals surface area contributed by atoms with E-state index in [1.807, 2.05) is 48.5 Å². The highest BCUT2D eigenvalue weighted by Gasteiger charge is 2.12. The predicted molar refractivity (Wildman–Crippen MR) is 85.5 cm³/mol. The van der Waals surface area contributed by atoms with E-state index in [1.54, 1.807) is 11.3 Å². The SMILES string of the molecule is c1ccc2nc3c(nc2c1)sc1nc2ccccc2nc13. The molecule has 3 heterocycles. The normalized spacial score (nSPS) is 11.8. The van der Waals surface area contributed by atoms with E-state index in [2.05, 4.69) is 9.97 Å². The third kappa shape index (κ3) is 1.55. The van der Waals surface area contributed by atoms with E-state index >= 15 is 0 Å². The van der Waals surface area contributed by atoms with E-state index in [0.29, 0.717) is 0 Å². The van der Waals surface area contributed by atoms with Crippen LogP contribution in [0.4, 0.5) is 0 Å². The van der Waals surface area contributed by atoms with Crippen molar-refractivity contribution in [1.29, 1.82) is 0 Å². The number of para-hydroxylation sites is 4. The van der Waals surface area contributed by atoms with E-state index < -0.39 is 0 Å². The summed E-state index contributed by atoms with van der Waals surface area (Å²) in [5.74, 6) is 0. The first-order valence-corrected chi connectivity index (χ1v) is 7.42. The van der Waals surface area contributed by atoms with E-state index in [9.17, 15) is 0 Å². The summed E-state index contributed by atoms with van der Waals surface area (Å²) in [7, 11) is 0. The van der Waals surface area contributed by atoms with Gasteiger partial charge in [0, 0.05) is 0 Å². The van der Waals surface area contributed by atoms with Crippen molar-refractivity contribution < 1.29 is 0 Å². The van der Waals surface area contributed by atoms with Crippen LogP contribution in [0.25, 0.3) is 42.8 Å². The number of rotatable bonds is 0. The largest absolute Gasteiger partial charge is 0.241 e. The molecule has 4 nitrogen and oxygen atoms in total. The van der Waals surface area contributed by atoms with E-state index in [1.165, 1.54) is 0 Å². The van der Waals surface area contributed by atoms with Crippen molar-refractivity contribution in [3.8, 4) is 0 Å². The molecule has 0 amide bonds. The van der Waals surface area contributed by atoms with Gasteiger partial charge in [0.05, 0.1) is 22.1 Å². The Bertz CT molecular complexity index is 1060. The Balaban J connectivity index is 2.01. The molecule has 0 unspecified atom stereocenters. The summed E-state index contributed by atoms with van der Waals surface area (Å²) in [6.45, 7) is 0. The lowest BCUT2D eigenvalue weighted by molar-refractivity contribution is 1.40. The van der Waals surface area contributed by atoms with E-state index in [4.69, 9.17) is 9.97 Å². The van der Waals surface area contributed by atoms with Gasteiger partial charge >= 0.3 is 0 Å². The molecule has 21 heavy (non-hydrogen) atoms. The van der Waals surface area contributed by atoms with Crippen LogP contribution in [-0.2, 0) is 0 Å². The summed E-state index contributed by atoms with van der Waals surface area (Å²) >= 11 is 1.54. The fraction of sp³-hybridized carbons (Fsp3) is 0. The van der Waals surface area contributed by atoms with Crippen LogP contribution >= 0.6 is 11.3 Å². The van der Waals surface area contributed by atoms with Gasteiger partial charge in [-0.2, -0.15) is 0 Å². The zero-order valence-electron chi connectivity index (χ0n) is 10.8. The minimum Gasteiger partial charge on any atom is -0.241 e. The zero-order chi connectivity index (χ0) is 13.8. The average Bonchev–Trinajstić information content (AvgIpc) is 2.87. The van der Waals surface area contributed by atoms with Crippen LogP contribution in [0, 0.1) is 0 Å². The maximum atomic E-state index is 4.72. The molecule has 0 aliphatic heterocycles. The topological polar surface area (TPSA) is 51.6 Å². The number of fused-ring (bicyclic) bond motifs is 5. The molecule has 0 fully saturated rings. The van der Waals surface area contributed by atoms with Gasteiger partial charge in [0.1, 0.15) is 20.7 Å². The minimum atomic E-state index is 0.840. The summed E-state index contributed by atoms with van der Waals surface area (Å²) < 4.78 is 0. The number of aromatic nitrogens is 4. The molecule has 0 N–H and O–H groups in total. The fourth-order valence-electron chi connectivity index (χ4n) is 2.51. The maximum Gasteiger partial charge on any atom is 0.146 e. The van der Waals surface area contributed by atoms with Crippen molar-refractivity contribution in [3.05, 3.63) is 48.5 Å². The first-order valence-electron chi connectivity index (χ1n) is 6.60. The van der Waals surface area contributed by atoms with Gasteiger partial charge in [-0.15, -0.1) is 0 Å². The van der Waals surface area contributed by atoms with Gasteiger partial charge in [0.2, 0.25) is 0 Å². The second kappa shape index (κ2) is 3.93. The fourth-order valence-corrected chi connectivity index (χ4v) is 3.46. The molecule has 5 rings (SSSR count). The van der Waals surface area contributed by atoms with Gasteiger partial charge in [-0.25, -0.2) is 19.9 Å². The highest BCUT2D eigenvalue weighted by atomic mass is 32.1. The summed E-state index contributed by atoms with van der Waals surface area (Å²) in [5.41, 5.74) is 5.26. The van der Waals surface area contributed by atoms with Crippen LogP contribution < -0.4 is 0 Å². The highest BCUT2D eigenvalue weighted by Crippen LogP contribution is 2.31. The van der Waals surface area contributed by atoms with Crippen LogP contribution in [0.5, 0.6) is 0 Å². The van der Waals surface area contributed by atoms with Crippen molar-refractivity contribution in [2.24, 2.45) is 0 Å². The molecule has 0 aliphatic carbocycles. The minimum absolute atomic E-state index is 0.840. The van der Waals surface area contributed by atoms with Crippen LogP contribution in [0.3, 0.4) is 0 Å². The molecule has 0 bridgehead atoms. The predicted octanol–water partition coefficient (Wildman–Crippen LogP) is 3.94. The molecule has 2 aromatic carbocycles. The molecule has 3 aromatic heterocycles. The number of hydrogen-bond donors (Lipinski definition) is 0. The molecular weight excluding hydrogens is 280 g/mol. The molecule has 0 radical (unpaired) electrons. The van der Waals surface area contributed by atoms with Gasteiger partial charge < -0.3 is 0 Å². The summed E-state index contributed by atoms with van der Waals surface area (Å²) in [4.78, 5) is 20.6. The van der Waals surface area contributed by atoms with Crippen LogP contribution in [0.1, 0.15) is 0 Å². The van der Waals surface area contributed by atoms with Crippen molar-refractivity contribution in [3.63, 3.8) is 0 Å². The molecule has 5 aromatic rings. The number of thiophene rings is 1. The quantitative estimate of drug-likeness (QED) is 0.433. The smallest absolute Gasteiger partial charge is 0.146 e. The summed E-state index contributed by atoms with van der Waals surface area (Å²) in [5, 5.41) is 0. The third-order valence-electron chi connectivity index (χ3n) is 3.49. The first-order chi connectivity index (χ1) is 10.4. The molecule has 5 heteroatoms. The number of nitrogens with zero attached hydrogens (tertiary/aromatic N) is 4. The van der Waals surface area contributed by atoms with Gasteiger partial charge in [0.25, 0.3) is 0 Å². The second-order valence-corrected chi connectivity index (χ2v) is 5.81. The molecule has 0 saturated heterocycles. The molecule has 0 atom stereocenters. The highest BCUT2D eigenvalue weighted by molar-refractivity contribution is 7.25. The van der Waals surface area contributed by atoms with Gasteiger partial charge in [-0.1, -0.05) is 35.6 Å². The molecular formula is C16H8N4S. The monoisotopic (exact) mass is 288 g/mol. The Morgan fingerprint density at radius 1 is 0.524 bits per heavy atom. The average molecular weight is 288 g/mol. The van der Waals surface area contributed by atoms with Crippen LogP contribution in [0.2, 0.25) is 0 Å². The number of hydrogen-bond acceptors (Lipinski definition) is 5. The second-order valence-electron chi connectivity index (χ2n) is 4.83. The van der Waals surface area contributed by atoms with Crippen molar-refractivity contribution >= 4 is 54.1 Å².